The molecular formula is C9H14N2O2S. The van der Waals surface area contributed by atoms with Crippen LogP contribution in [0.5, 0.6) is 0 Å². The van der Waals surface area contributed by atoms with Crippen LogP contribution in [0.1, 0.15) is 11.1 Å². The zero-order valence-corrected chi connectivity index (χ0v) is 9.30. The van der Waals surface area contributed by atoms with Gasteiger partial charge in [0.1, 0.15) is 0 Å². The molecule has 2 N–H and O–H groups in total. The number of benzene rings is 1. The number of hydrogen-bond donors (Lipinski definition) is 1. The van der Waals surface area contributed by atoms with Crippen molar-refractivity contribution < 1.29 is 8.42 Å². The van der Waals surface area contributed by atoms with Gasteiger partial charge in [0.2, 0.25) is 10.0 Å². The van der Waals surface area contributed by atoms with Crippen molar-refractivity contribution in [2.75, 3.05) is 10.7 Å². The average Bonchev–Trinajstić information content (AvgIpc) is 2.06. The molecule has 4 nitrogen and oxygen atoms in total. The van der Waals surface area contributed by atoms with Gasteiger partial charge in [0.25, 0.3) is 0 Å². The number of hydrazine groups is 1. The Kier molecular flexibility index (Phi) is 2.82. The van der Waals surface area contributed by atoms with E-state index >= 15 is 0 Å². The molecule has 0 unspecified atom stereocenters. The summed E-state index contributed by atoms with van der Waals surface area (Å²) >= 11 is 0. The van der Waals surface area contributed by atoms with Crippen LogP contribution in [0, 0.1) is 13.8 Å². The lowest BCUT2D eigenvalue weighted by atomic mass is 10.1. The van der Waals surface area contributed by atoms with Crippen molar-refractivity contribution in [1.29, 1.82) is 0 Å². The molecule has 0 amide bonds. The van der Waals surface area contributed by atoms with Gasteiger partial charge >= 0.3 is 0 Å². The first-order chi connectivity index (χ1) is 6.32. The van der Waals surface area contributed by atoms with E-state index in [-0.39, 0.29) is 0 Å². The SMILES string of the molecule is Cc1ccc(C)c(N(N)S(C)(=O)=O)c1. The van der Waals surface area contributed by atoms with E-state index in [1.54, 1.807) is 6.07 Å². The Bertz CT molecular complexity index is 440. The van der Waals surface area contributed by atoms with Gasteiger partial charge in [0.15, 0.2) is 0 Å². The Morgan fingerprint density at radius 1 is 1.29 bits per heavy atom. The van der Waals surface area contributed by atoms with Crippen LogP contribution in [0.4, 0.5) is 5.69 Å². The Hall–Kier alpha value is -1.07. The highest BCUT2D eigenvalue weighted by Gasteiger charge is 2.14. The van der Waals surface area contributed by atoms with E-state index < -0.39 is 10.0 Å². The van der Waals surface area contributed by atoms with Crippen LogP contribution in [0.15, 0.2) is 18.2 Å². The normalized spacial score (nSPS) is 11.4. The molecule has 0 saturated carbocycles. The first-order valence-corrected chi connectivity index (χ1v) is 5.99. The first-order valence-electron chi connectivity index (χ1n) is 4.14. The average molecular weight is 214 g/mol. The van der Waals surface area contributed by atoms with Crippen LogP contribution in [-0.2, 0) is 10.0 Å². The smallest absolute Gasteiger partial charge is 0.233 e. The van der Waals surface area contributed by atoms with Gasteiger partial charge in [-0.05, 0) is 31.0 Å². The number of hydrogen-bond acceptors (Lipinski definition) is 3. The molecule has 78 valence electrons. The number of nitrogens with two attached hydrogens (primary N) is 1. The van der Waals surface area contributed by atoms with Crippen molar-refractivity contribution >= 4 is 15.7 Å². The molecule has 0 spiro atoms. The maximum Gasteiger partial charge on any atom is 0.245 e. The number of sulfonamides is 1. The van der Waals surface area contributed by atoms with E-state index in [0.29, 0.717) is 5.69 Å². The molecule has 0 aromatic heterocycles. The lowest BCUT2D eigenvalue weighted by molar-refractivity contribution is 0.598. The van der Waals surface area contributed by atoms with Crippen molar-refractivity contribution in [2.24, 2.45) is 5.84 Å². The van der Waals surface area contributed by atoms with Crippen LogP contribution in [0.3, 0.4) is 0 Å². The molecule has 0 saturated heterocycles. The summed E-state index contributed by atoms with van der Waals surface area (Å²) in [4.78, 5) is 0. The largest absolute Gasteiger partial charge is 0.245 e. The molecule has 0 fully saturated rings. The van der Waals surface area contributed by atoms with Crippen LogP contribution in [-0.4, -0.2) is 14.7 Å². The highest BCUT2D eigenvalue weighted by molar-refractivity contribution is 7.92. The second-order valence-electron chi connectivity index (χ2n) is 3.35. The zero-order valence-electron chi connectivity index (χ0n) is 8.48. The minimum absolute atomic E-state index is 0.521. The van der Waals surface area contributed by atoms with Gasteiger partial charge in [-0.15, -0.1) is 0 Å². The monoisotopic (exact) mass is 214 g/mol. The quantitative estimate of drug-likeness (QED) is 0.588. The molecule has 1 aromatic rings. The molecular weight excluding hydrogens is 200 g/mol. The van der Waals surface area contributed by atoms with Crippen LogP contribution >= 0.6 is 0 Å². The van der Waals surface area contributed by atoms with Crippen molar-refractivity contribution in [1.82, 2.24) is 0 Å². The van der Waals surface area contributed by atoms with Gasteiger partial charge in [0, 0.05) is 0 Å². The molecule has 0 heterocycles. The molecule has 14 heavy (non-hydrogen) atoms. The third-order valence-electron chi connectivity index (χ3n) is 1.96. The Labute approximate surface area is 84.4 Å². The van der Waals surface area contributed by atoms with Gasteiger partial charge < -0.3 is 0 Å². The molecule has 0 atom stereocenters. The molecule has 0 radical (unpaired) electrons. The Morgan fingerprint density at radius 3 is 2.36 bits per heavy atom. The molecule has 0 aliphatic rings. The van der Waals surface area contributed by atoms with E-state index in [1.807, 2.05) is 26.0 Å². The van der Waals surface area contributed by atoms with Gasteiger partial charge in [-0.2, -0.15) is 0 Å². The highest BCUT2D eigenvalue weighted by atomic mass is 32.2. The second-order valence-corrected chi connectivity index (χ2v) is 5.21. The highest BCUT2D eigenvalue weighted by Crippen LogP contribution is 2.20. The van der Waals surface area contributed by atoms with E-state index in [0.717, 1.165) is 21.8 Å². The van der Waals surface area contributed by atoms with E-state index in [4.69, 9.17) is 5.84 Å². The number of aryl methyl sites for hydroxylation is 2. The van der Waals surface area contributed by atoms with Crippen molar-refractivity contribution in [3.63, 3.8) is 0 Å². The fourth-order valence-electron chi connectivity index (χ4n) is 1.14. The molecule has 0 aliphatic carbocycles. The van der Waals surface area contributed by atoms with Gasteiger partial charge in [-0.25, -0.2) is 18.7 Å². The number of anilines is 1. The maximum absolute atomic E-state index is 11.2. The zero-order chi connectivity index (χ0) is 10.9. The summed E-state index contributed by atoms with van der Waals surface area (Å²) in [6, 6.07) is 5.50. The topological polar surface area (TPSA) is 63.4 Å². The third kappa shape index (κ3) is 2.24. The lowest BCUT2D eigenvalue weighted by Crippen LogP contribution is -2.37. The molecule has 1 aromatic carbocycles. The van der Waals surface area contributed by atoms with Crippen molar-refractivity contribution in [3.05, 3.63) is 29.3 Å². The van der Waals surface area contributed by atoms with E-state index in [9.17, 15) is 8.42 Å². The van der Waals surface area contributed by atoms with Gasteiger partial charge in [0.05, 0.1) is 11.9 Å². The summed E-state index contributed by atoms with van der Waals surface area (Å²) in [5, 5.41) is 0. The Morgan fingerprint density at radius 2 is 1.86 bits per heavy atom. The predicted molar refractivity (Wildman–Crippen MR) is 57.4 cm³/mol. The summed E-state index contributed by atoms with van der Waals surface area (Å²) in [5.41, 5.74) is 2.33. The van der Waals surface area contributed by atoms with Crippen LogP contribution < -0.4 is 10.3 Å². The van der Waals surface area contributed by atoms with Gasteiger partial charge in [-0.1, -0.05) is 12.1 Å². The van der Waals surface area contributed by atoms with Crippen LogP contribution in [0.2, 0.25) is 0 Å². The number of nitrogens with zero attached hydrogens (tertiary/aromatic N) is 1. The molecule has 0 bridgehead atoms. The Balaban J connectivity index is 3.26. The predicted octanol–water partition coefficient (Wildman–Crippen LogP) is 0.943. The fraction of sp³-hybridized carbons (Fsp3) is 0.333. The maximum atomic E-state index is 11.2. The molecule has 1 rings (SSSR count). The number of rotatable bonds is 2. The van der Waals surface area contributed by atoms with Gasteiger partial charge in [-0.3, -0.25) is 0 Å². The molecule has 5 heteroatoms. The minimum Gasteiger partial charge on any atom is -0.233 e. The van der Waals surface area contributed by atoms with Crippen molar-refractivity contribution in [3.8, 4) is 0 Å². The van der Waals surface area contributed by atoms with Crippen molar-refractivity contribution in [2.45, 2.75) is 13.8 Å². The van der Waals surface area contributed by atoms with Crippen LogP contribution in [0.25, 0.3) is 0 Å². The summed E-state index contributed by atoms with van der Waals surface area (Å²) in [5.74, 6) is 5.49. The molecule has 0 aliphatic heterocycles. The van der Waals surface area contributed by atoms with E-state index in [1.165, 1.54) is 0 Å². The second kappa shape index (κ2) is 3.59. The van der Waals surface area contributed by atoms with E-state index in [2.05, 4.69) is 0 Å². The fourth-order valence-corrected chi connectivity index (χ4v) is 1.69. The lowest BCUT2D eigenvalue weighted by Gasteiger charge is -2.18. The first kappa shape index (κ1) is 11.0. The summed E-state index contributed by atoms with van der Waals surface area (Å²) in [6.07, 6.45) is 1.08. The minimum atomic E-state index is -3.38. The summed E-state index contributed by atoms with van der Waals surface area (Å²) in [6.45, 7) is 3.71. The standard InChI is InChI=1S/C9H14N2O2S/c1-7-4-5-8(2)9(6-7)11(10)14(3,12)13/h4-6H,10H2,1-3H3. The summed E-state index contributed by atoms with van der Waals surface area (Å²) in [7, 11) is -3.38. The summed E-state index contributed by atoms with van der Waals surface area (Å²) < 4.78 is 23.2. The third-order valence-corrected chi connectivity index (χ3v) is 2.87.